The summed E-state index contributed by atoms with van der Waals surface area (Å²) in [5.74, 6) is -2.20. The number of carbonyl (C=O) groups excluding carboxylic acids is 1. The van der Waals surface area contributed by atoms with Crippen LogP contribution in [0.15, 0.2) is 18.3 Å². The number of unbranched alkanes of at least 4 members (excludes halogenated alkanes) is 1. The molecule has 21 heavy (non-hydrogen) atoms. The zero-order valence-electron chi connectivity index (χ0n) is 11.4. The first-order chi connectivity index (χ1) is 9.74. The third-order valence-electron chi connectivity index (χ3n) is 2.66. The molecule has 1 amide bonds. The molecule has 0 bridgehead atoms. The second-order valence-corrected chi connectivity index (χ2v) is 4.43. The second-order valence-electron chi connectivity index (χ2n) is 4.43. The Hall–Kier alpha value is -2.12. The number of nitrogens with zero attached hydrogens (tertiary/aromatic N) is 2. The van der Waals surface area contributed by atoms with Gasteiger partial charge < -0.3 is 10.0 Å². The minimum Gasteiger partial charge on any atom is -0.477 e. The van der Waals surface area contributed by atoms with Crippen molar-refractivity contribution in [2.24, 2.45) is 0 Å². The van der Waals surface area contributed by atoms with Crippen molar-refractivity contribution in [3.05, 3.63) is 29.6 Å². The molecule has 5 nitrogen and oxygen atoms in total. The van der Waals surface area contributed by atoms with Crippen molar-refractivity contribution in [2.75, 3.05) is 13.1 Å². The molecule has 0 aliphatic heterocycles. The number of aromatic nitrogens is 1. The van der Waals surface area contributed by atoms with Crippen molar-refractivity contribution < 1.29 is 27.9 Å². The average Bonchev–Trinajstić information content (AvgIpc) is 2.41. The van der Waals surface area contributed by atoms with Crippen molar-refractivity contribution in [1.29, 1.82) is 0 Å². The maximum Gasteiger partial charge on any atom is 0.406 e. The Labute approximate surface area is 119 Å². The van der Waals surface area contributed by atoms with Crippen LogP contribution in [-0.4, -0.2) is 46.1 Å². The third-order valence-corrected chi connectivity index (χ3v) is 2.66. The second kappa shape index (κ2) is 7.05. The Morgan fingerprint density at radius 3 is 2.57 bits per heavy atom. The standard InChI is InChI=1S/C13H15F3N2O3/c1-2-3-6-18(8-13(14,15)16)11(19)9-4-5-17-10(7-9)12(20)21/h4-5,7H,2-3,6,8H2,1H3,(H,20,21). The lowest BCUT2D eigenvalue weighted by molar-refractivity contribution is -0.140. The van der Waals surface area contributed by atoms with Crippen LogP contribution in [0.2, 0.25) is 0 Å². The van der Waals surface area contributed by atoms with Gasteiger partial charge in [0.05, 0.1) is 0 Å². The summed E-state index contributed by atoms with van der Waals surface area (Å²) in [6, 6.07) is 2.17. The number of hydrogen-bond donors (Lipinski definition) is 1. The molecule has 0 aliphatic carbocycles. The normalized spacial score (nSPS) is 11.2. The molecule has 1 heterocycles. The van der Waals surface area contributed by atoms with Gasteiger partial charge in [-0.3, -0.25) is 4.79 Å². The first-order valence-corrected chi connectivity index (χ1v) is 6.30. The molecule has 8 heteroatoms. The smallest absolute Gasteiger partial charge is 0.406 e. The Morgan fingerprint density at radius 2 is 2.05 bits per heavy atom. The molecule has 0 saturated carbocycles. The van der Waals surface area contributed by atoms with Crippen molar-refractivity contribution in [3.8, 4) is 0 Å². The number of amides is 1. The van der Waals surface area contributed by atoms with Gasteiger partial charge >= 0.3 is 12.1 Å². The molecular formula is C13H15F3N2O3. The van der Waals surface area contributed by atoms with E-state index < -0.39 is 24.6 Å². The van der Waals surface area contributed by atoms with E-state index in [4.69, 9.17) is 5.11 Å². The molecule has 0 atom stereocenters. The lowest BCUT2D eigenvalue weighted by Crippen LogP contribution is -2.39. The number of pyridine rings is 1. The van der Waals surface area contributed by atoms with Gasteiger partial charge in [-0.15, -0.1) is 0 Å². The van der Waals surface area contributed by atoms with Crippen LogP contribution >= 0.6 is 0 Å². The fourth-order valence-corrected chi connectivity index (χ4v) is 1.68. The highest BCUT2D eigenvalue weighted by Crippen LogP contribution is 2.19. The van der Waals surface area contributed by atoms with Gasteiger partial charge in [-0.2, -0.15) is 13.2 Å². The van der Waals surface area contributed by atoms with Gasteiger partial charge in [0.25, 0.3) is 5.91 Å². The van der Waals surface area contributed by atoms with Gasteiger partial charge in [0.1, 0.15) is 12.2 Å². The number of alkyl halides is 3. The maximum atomic E-state index is 12.5. The van der Waals surface area contributed by atoms with Crippen molar-refractivity contribution in [1.82, 2.24) is 9.88 Å². The van der Waals surface area contributed by atoms with E-state index in [0.717, 1.165) is 12.3 Å². The highest BCUT2D eigenvalue weighted by molar-refractivity contribution is 5.96. The van der Waals surface area contributed by atoms with Crippen molar-refractivity contribution in [2.45, 2.75) is 25.9 Å². The molecule has 0 fully saturated rings. The highest BCUT2D eigenvalue weighted by Gasteiger charge is 2.33. The predicted molar refractivity (Wildman–Crippen MR) is 68.1 cm³/mol. The van der Waals surface area contributed by atoms with Crippen LogP contribution in [0.3, 0.4) is 0 Å². The summed E-state index contributed by atoms with van der Waals surface area (Å²) < 4.78 is 37.5. The summed E-state index contributed by atoms with van der Waals surface area (Å²) in [5.41, 5.74) is -0.508. The molecule has 116 valence electrons. The summed E-state index contributed by atoms with van der Waals surface area (Å²) >= 11 is 0. The molecule has 0 radical (unpaired) electrons. The lowest BCUT2D eigenvalue weighted by Gasteiger charge is -2.24. The van der Waals surface area contributed by atoms with Crippen LogP contribution in [0.5, 0.6) is 0 Å². The van der Waals surface area contributed by atoms with E-state index in [1.54, 1.807) is 6.92 Å². The number of carboxylic acid groups (broad SMARTS) is 1. The predicted octanol–water partition coefficient (Wildman–Crippen LogP) is 2.58. The number of rotatable bonds is 6. The van der Waals surface area contributed by atoms with Gasteiger partial charge in [-0.05, 0) is 18.6 Å². The van der Waals surface area contributed by atoms with Gasteiger partial charge in [0, 0.05) is 18.3 Å². The molecule has 1 aromatic heterocycles. The molecule has 1 rings (SSSR count). The Balaban J connectivity index is 2.98. The first kappa shape index (κ1) is 16.9. The molecule has 1 N–H and O–H groups in total. The molecular weight excluding hydrogens is 289 g/mol. The fraction of sp³-hybridized carbons (Fsp3) is 0.462. The van der Waals surface area contributed by atoms with Crippen LogP contribution in [0.4, 0.5) is 13.2 Å². The highest BCUT2D eigenvalue weighted by atomic mass is 19.4. The summed E-state index contributed by atoms with van der Waals surface area (Å²) in [4.78, 5) is 27.1. The topological polar surface area (TPSA) is 70.5 Å². The molecule has 0 spiro atoms. The Kier molecular flexibility index (Phi) is 5.69. The largest absolute Gasteiger partial charge is 0.477 e. The van der Waals surface area contributed by atoms with E-state index in [0.29, 0.717) is 17.7 Å². The van der Waals surface area contributed by atoms with Crippen LogP contribution < -0.4 is 0 Å². The van der Waals surface area contributed by atoms with E-state index in [-0.39, 0.29) is 17.8 Å². The summed E-state index contributed by atoms with van der Waals surface area (Å²) in [6.45, 7) is 0.390. The molecule has 1 aromatic rings. The zero-order chi connectivity index (χ0) is 16.0. The fourth-order valence-electron chi connectivity index (χ4n) is 1.68. The van der Waals surface area contributed by atoms with Gasteiger partial charge in [-0.25, -0.2) is 9.78 Å². The van der Waals surface area contributed by atoms with Gasteiger partial charge in [0.2, 0.25) is 0 Å². The number of carboxylic acids is 1. The average molecular weight is 304 g/mol. The van der Waals surface area contributed by atoms with Crippen LogP contribution in [0.25, 0.3) is 0 Å². The minimum absolute atomic E-state index is 0.0421. The third kappa shape index (κ3) is 5.41. The van der Waals surface area contributed by atoms with Crippen LogP contribution in [0, 0.1) is 0 Å². The van der Waals surface area contributed by atoms with E-state index >= 15 is 0 Å². The number of halogens is 3. The SMILES string of the molecule is CCCCN(CC(F)(F)F)C(=O)c1ccnc(C(=O)O)c1. The minimum atomic E-state index is -4.51. The number of carbonyl (C=O) groups is 2. The van der Waals surface area contributed by atoms with E-state index in [1.807, 2.05) is 0 Å². The summed E-state index contributed by atoms with van der Waals surface area (Å²) in [6.07, 6.45) is -2.36. The number of aromatic carboxylic acids is 1. The van der Waals surface area contributed by atoms with Crippen LogP contribution in [0.1, 0.15) is 40.6 Å². The lowest BCUT2D eigenvalue weighted by atomic mass is 10.2. The van der Waals surface area contributed by atoms with Gasteiger partial charge in [-0.1, -0.05) is 13.3 Å². The molecule has 0 unspecified atom stereocenters. The summed E-state index contributed by atoms with van der Waals surface area (Å²) in [7, 11) is 0. The van der Waals surface area contributed by atoms with Crippen molar-refractivity contribution in [3.63, 3.8) is 0 Å². The Bertz CT molecular complexity index is 518. The maximum absolute atomic E-state index is 12.5. The van der Waals surface area contributed by atoms with E-state index in [2.05, 4.69) is 4.98 Å². The van der Waals surface area contributed by atoms with Crippen molar-refractivity contribution >= 4 is 11.9 Å². The molecule has 0 saturated heterocycles. The molecule has 0 aromatic carbocycles. The summed E-state index contributed by atoms with van der Waals surface area (Å²) in [5, 5.41) is 8.79. The molecule has 0 aliphatic rings. The monoisotopic (exact) mass is 304 g/mol. The Morgan fingerprint density at radius 1 is 1.38 bits per heavy atom. The number of hydrogen-bond acceptors (Lipinski definition) is 3. The zero-order valence-corrected chi connectivity index (χ0v) is 11.4. The van der Waals surface area contributed by atoms with Crippen LogP contribution in [-0.2, 0) is 0 Å². The van der Waals surface area contributed by atoms with E-state index in [9.17, 15) is 22.8 Å². The van der Waals surface area contributed by atoms with E-state index in [1.165, 1.54) is 6.07 Å². The van der Waals surface area contributed by atoms with Gasteiger partial charge in [0.15, 0.2) is 0 Å². The quantitative estimate of drug-likeness (QED) is 0.877. The first-order valence-electron chi connectivity index (χ1n) is 6.30.